The van der Waals surface area contributed by atoms with Crippen LogP contribution in [0.25, 0.3) is 0 Å². The molecule has 3 rings (SSSR count). The number of amides is 1. The maximum atomic E-state index is 12.3. The lowest BCUT2D eigenvalue weighted by Crippen LogP contribution is -2.33. The molecule has 1 saturated heterocycles. The molecule has 1 aromatic heterocycles. The molecule has 7 heteroatoms. The number of aromatic nitrogens is 2. The summed E-state index contributed by atoms with van der Waals surface area (Å²) in [5.74, 6) is 1.15. The Balaban J connectivity index is 1.43. The lowest BCUT2D eigenvalue weighted by atomic mass is 10.1. The number of ether oxygens (including phenoxy) is 1. The minimum absolute atomic E-state index is 0.0951. The van der Waals surface area contributed by atoms with Gasteiger partial charge in [0.2, 0.25) is 5.88 Å². The summed E-state index contributed by atoms with van der Waals surface area (Å²) in [5.41, 5.74) is 0.462. The normalized spacial score (nSPS) is 21.3. The van der Waals surface area contributed by atoms with Gasteiger partial charge in [0.05, 0.1) is 6.61 Å². The van der Waals surface area contributed by atoms with Crippen LogP contribution in [0.3, 0.4) is 0 Å². The standard InChI is InChI=1S/C16H27N5O2/c1-19(2)7-8-20-6-4-13(12-20)11-17-16(22)14-10-15-21(18-14)5-3-9-23-15/h10,13H,3-9,11-12H2,1-2H3,(H,17,22). The Labute approximate surface area is 137 Å². The molecule has 128 valence electrons. The second-order valence-electron chi connectivity index (χ2n) is 6.76. The van der Waals surface area contributed by atoms with Gasteiger partial charge in [0.25, 0.3) is 5.91 Å². The maximum absolute atomic E-state index is 12.3. The third-order valence-corrected chi connectivity index (χ3v) is 4.52. The molecule has 2 aliphatic heterocycles. The molecule has 0 spiro atoms. The van der Waals surface area contributed by atoms with Crippen molar-refractivity contribution in [2.75, 3.05) is 53.4 Å². The fraction of sp³-hybridized carbons (Fsp3) is 0.750. The van der Waals surface area contributed by atoms with Crippen LogP contribution in [0, 0.1) is 5.92 Å². The van der Waals surface area contributed by atoms with Crippen molar-refractivity contribution in [2.24, 2.45) is 5.92 Å². The molecule has 1 fully saturated rings. The number of hydrogen-bond acceptors (Lipinski definition) is 5. The van der Waals surface area contributed by atoms with Crippen LogP contribution >= 0.6 is 0 Å². The second kappa shape index (κ2) is 7.31. The molecular formula is C16H27N5O2. The summed E-state index contributed by atoms with van der Waals surface area (Å²) >= 11 is 0. The summed E-state index contributed by atoms with van der Waals surface area (Å²) in [5, 5.41) is 7.35. The number of nitrogens with one attached hydrogen (secondary N) is 1. The topological polar surface area (TPSA) is 62.6 Å². The lowest BCUT2D eigenvalue weighted by molar-refractivity contribution is 0.0941. The van der Waals surface area contributed by atoms with E-state index in [9.17, 15) is 4.79 Å². The molecule has 7 nitrogen and oxygen atoms in total. The van der Waals surface area contributed by atoms with Gasteiger partial charge in [-0.05, 0) is 33.0 Å². The van der Waals surface area contributed by atoms with Crippen LogP contribution < -0.4 is 10.1 Å². The van der Waals surface area contributed by atoms with E-state index in [4.69, 9.17) is 4.74 Å². The molecular weight excluding hydrogens is 294 g/mol. The molecule has 1 atom stereocenters. The van der Waals surface area contributed by atoms with Crippen LogP contribution in [0.5, 0.6) is 5.88 Å². The van der Waals surface area contributed by atoms with Gasteiger partial charge in [0.1, 0.15) is 0 Å². The number of likely N-dealkylation sites (N-methyl/N-ethyl adjacent to an activating group) is 1. The molecule has 0 aromatic carbocycles. The third-order valence-electron chi connectivity index (χ3n) is 4.52. The minimum Gasteiger partial charge on any atom is -0.478 e. The summed E-state index contributed by atoms with van der Waals surface area (Å²) in [7, 11) is 4.20. The number of nitrogens with zero attached hydrogens (tertiary/aromatic N) is 4. The molecule has 0 bridgehead atoms. The predicted octanol–water partition coefficient (Wildman–Crippen LogP) is 0.279. The van der Waals surface area contributed by atoms with Gasteiger partial charge in [-0.1, -0.05) is 0 Å². The van der Waals surface area contributed by atoms with Crippen molar-refractivity contribution in [1.82, 2.24) is 24.9 Å². The highest BCUT2D eigenvalue weighted by atomic mass is 16.5. The Morgan fingerprint density at radius 3 is 3.13 bits per heavy atom. The van der Waals surface area contributed by atoms with Gasteiger partial charge in [-0.25, -0.2) is 4.68 Å². The fourth-order valence-electron chi connectivity index (χ4n) is 3.13. The quantitative estimate of drug-likeness (QED) is 0.815. The molecule has 2 aliphatic rings. The monoisotopic (exact) mass is 321 g/mol. The van der Waals surface area contributed by atoms with Crippen molar-refractivity contribution in [1.29, 1.82) is 0 Å². The zero-order chi connectivity index (χ0) is 16.2. The average Bonchev–Trinajstić information content (AvgIpc) is 3.17. The van der Waals surface area contributed by atoms with Crippen LogP contribution in [-0.4, -0.2) is 78.9 Å². The number of carbonyl (C=O) groups excluding carboxylic acids is 1. The van der Waals surface area contributed by atoms with Crippen molar-refractivity contribution in [3.05, 3.63) is 11.8 Å². The van der Waals surface area contributed by atoms with Gasteiger partial charge in [0, 0.05) is 45.2 Å². The maximum Gasteiger partial charge on any atom is 0.271 e. The van der Waals surface area contributed by atoms with Crippen molar-refractivity contribution in [2.45, 2.75) is 19.4 Å². The van der Waals surface area contributed by atoms with E-state index in [1.54, 1.807) is 10.7 Å². The predicted molar refractivity (Wildman–Crippen MR) is 87.8 cm³/mol. The van der Waals surface area contributed by atoms with Crippen LogP contribution in [0.4, 0.5) is 0 Å². The zero-order valence-corrected chi connectivity index (χ0v) is 14.1. The van der Waals surface area contributed by atoms with Gasteiger partial charge < -0.3 is 19.9 Å². The number of hydrogen-bond donors (Lipinski definition) is 1. The smallest absolute Gasteiger partial charge is 0.271 e. The molecule has 0 saturated carbocycles. The van der Waals surface area contributed by atoms with Crippen molar-refractivity contribution >= 4 is 5.91 Å². The molecule has 3 heterocycles. The average molecular weight is 321 g/mol. The van der Waals surface area contributed by atoms with Crippen molar-refractivity contribution < 1.29 is 9.53 Å². The Morgan fingerprint density at radius 2 is 2.35 bits per heavy atom. The highest BCUT2D eigenvalue weighted by Crippen LogP contribution is 2.19. The first-order valence-electron chi connectivity index (χ1n) is 8.48. The van der Waals surface area contributed by atoms with Crippen LogP contribution in [-0.2, 0) is 6.54 Å². The van der Waals surface area contributed by atoms with Gasteiger partial charge in [-0.3, -0.25) is 4.79 Å². The Bertz CT molecular complexity index is 519. The van der Waals surface area contributed by atoms with Crippen molar-refractivity contribution in [3.8, 4) is 5.88 Å². The highest BCUT2D eigenvalue weighted by molar-refractivity contribution is 5.92. The van der Waals surface area contributed by atoms with Crippen LogP contribution in [0.2, 0.25) is 0 Å². The first kappa shape index (κ1) is 16.3. The van der Waals surface area contributed by atoms with Gasteiger partial charge >= 0.3 is 0 Å². The summed E-state index contributed by atoms with van der Waals surface area (Å²) in [6.45, 7) is 6.63. The van der Waals surface area contributed by atoms with E-state index in [-0.39, 0.29) is 5.91 Å². The van der Waals surface area contributed by atoms with Crippen LogP contribution in [0.15, 0.2) is 6.07 Å². The summed E-state index contributed by atoms with van der Waals surface area (Å²) in [4.78, 5) is 16.9. The summed E-state index contributed by atoms with van der Waals surface area (Å²) in [6.07, 6.45) is 2.09. The lowest BCUT2D eigenvalue weighted by Gasteiger charge is -2.18. The summed E-state index contributed by atoms with van der Waals surface area (Å²) in [6, 6.07) is 1.74. The first-order valence-corrected chi connectivity index (χ1v) is 8.48. The fourth-order valence-corrected chi connectivity index (χ4v) is 3.13. The van der Waals surface area contributed by atoms with Gasteiger partial charge in [-0.15, -0.1) is 0 Å². The number of aryl methyl sites for hydroxylation is 1. The molecule has 1 amide bonds. The highest BCUT2D eigenvalue weighted by Gasteiger charge is 2.24. The van der Waals surface area contributed by atoms with E-state index in [2.05, 4.69) is 34.3 Å². The van der Waals surface area contributed by atoms with E-state index in [0.29, 0.717) is 24.1 Å². The van der Waals surface area contributed by atoms with Gasteiger partial charge in [0.15, 0.2) is 5.69 Å². The molecule has 1 N–H and O–H groups in total. The van der Waals surface area contributed by atoms with E-state index in [1.807, 2.05) is 0 Å². The van der Waals surface area contributed by atoms with Crippen molar-refractivity contribution in [3.63, 3.8) is 0 Å². The van der Waals surface area contributed by atoms with Crippen LogP contribution in [0.1, 0.15) is 23.3 Å². The number of fused-ring (bicyclic) bond motifs is 1. The number of likely N-dealkylation sites (tertiary alicyclic amines) is 1. The number of carbonyl (C=O) groups is 1. The molecule has 23 heavy (non-hydrogen) atoms. The summed E-state index contributed by atoms with van der Waals surface area (Å²) < 4.78 is 7.28. The number of rotatable bonds is 6. The van der Waals surface area contributed by atoms with E-state index in [0.717, 1.165) is 52.1 Å². The third kappa shape index (κ3) is 4.23. The molecule has 0 aliphatic carbocycles. The zero-order valence-electron chi connectivity index (χ0n) is 14.1. The van der Waals surface area contributed by atoms with E-state index in [1.165, 1.54) is 0 Å². The SMILES string of the molecule is CN(C)CCN1CCC(CNC(=O)c2cc3n(n2)CCCO3)C1. The Kier molecular flexibility index (Phi) is 5.17. The van der Waals surface area contributed by atoms with E-state index < -0.39 is 0 Å². The Morgan fingerprint density at radius 1 is 1.48 bits per heavy atom. The molecule has 0 radical (unpaired) electrons. The molecule has 1 unspecified atom stereocenters. The molecule has 1 aromatic rings. The Hall–Kier alpha value is -1.60. The minimum atomic E-state index is -0.0951. The largest absolute Gasteiger partial charge is 0.478 e. The second-order valence-corrected chi connectivity index (χ2v) is 6.76. The van der Waals surface area contributed by atoms with E-state index >= 15 is 0 Å². The first-order chi connectivity index (χ1) is 11.1. The van der Waals surface area contributed by atoms with Gasteiger partial charge in [-0.2, -0.15) is 5.10 Å².